The highest BCUT2D eigenvalue weighted by atomic mass is 35.5. The van der Waals surface area contributed by atoms with Gasteiger partial charge in [-0.05, 0) is 29.8 Å². The zero-order chi connectivity index (χ0) is 17.8. The molecule has 0 saturated carbocycles. The number of halogens is 1. The number of amides is 2. The van der Waals surface area contributed by atoms with Gasteiger partial charge >= 0.3 is 0 Å². The molecular formula is C19H19ClN2O2S. The van der Waals surface area contributed by atoms with Gasteiger partial charge in [-0.1, -0.05) is 35.9 Å². The molecule has 1 saturated heterocycles. The fourth-order valence-corrected chi connectivity index (χ4v) is 3.25. The van der Waals surface area contributed by atoms with Crippen LogP contribution in [0.3, 0.4) is 0 Å². The molecule has 0 bridgehead atoms. The Kier molecular flexibility index (Phi) is 5.66. The summed E-state index contributed by atoms with van der Waals surface area (Å²) in [4.78, 5) is 29.3. The van der Waals surface area contributed by atoms with E-state index in [0.29, 0.717) is 48.1 Å². The molecule has 130 valence electrons. The normalized spacial score (nSPS) is 14.5. The first kappa shape index (κ1) is 17.8. The predicted molar refractivity (Wildman–Crippen MR) is 101 cm³/mol. The molecule has 0 atom stereocenters. The number of hydrogen-bond acceptors (Lipinski definition) is 3. The Morgan fingerprint density at radius 3 is 2.16 bits per heavy atom. The van der Waals surface area contributed by atoms with Crippen molar-refractivity contribution in [2.45, 2.75) is 11.3 Å². The standard InChI is InChI=1S/C19H19ClN2O2S/c20-15-7-5-14(6-8-15)13-18(23)21-9-11-22(12-10-21)19(24)16-3-1-2-4-17(16)25/h1-8,25H,9-13H2. The molecule has 1 aliphatic rings. The largest absolute Gasteiger partial charge is 0.339 e. The van der Waals surface area contributed by atoms with Crippen LogP contribution in [-0.4, -0.2) is 47.8 Å². The van der Waals surface area contributed by atoms with Crippen molar-refractivity contribution in [1.29, 1.82) is 0 Å². The molecule has 1 fully saturated rings. The lowest BCUT2D eigenvalue weighted by molar-refractivity contribution is -0.131. The third-order valence-corrected chi connectivity index (χ3v) is 4.96. The number of carbonyl (C=O) groups excluding carboxylic acids is 2. The minimum atomic E-state index is -0.0320. The fraction of sp³-hybridized carbons (Fsp3) is 0.263. The Labute approximate surface area is 157 Å². The number of carbonyl (C=O) groups is 2. The van der Waals surface area contributed by atoms with Crippen molar-refractivity contribution >= 4 is 36.0 Å². The zero-order valence-electron chi connectivity index (χ0n) is 13.7. The summed E-state index contributed by atoms with van der Waals surface area (Å²) in [6.45, 7) is 2.17. The van der Waals surface area contributed by atoms with Crippen molar-refractivity contribution in [3.05, 3.63) is 64.7 Å². The summed E-state index contributed by atoms with van der Waals surface area (Å²) in [5.41, 5.74) is 1.55. The summed E-state index contributed by atoms with van der Waals surface area (Å²) < 4.78 is 0. The Morgan fingerprint density at radius 2 is 1.52 bits per heavy atom. The van der Waals surface area contributed by atoms with Crippen molar-refractivity contribution in [2.24, 2.45) is 0 Å². The maximum Gasteiger partial charge on any atom is 0.255 e. The lowest BCUT2D eigenvalue weighted by Crippen LogP contribution is -2.51. The highest BCUT2D eigenvalue weighted by molar-refractivity contribution is 7.80. The maximum atomic E-state index is 12.6. The highest BCUT2D eigenvalue weighted by Crippen LogP contribution is 2.17. The quantitative estimate of drug-likeness (QED) is 0.838. The number of hydrogen-bond donors (Lipinski definition) is 1. The average Bonchev–Trinajstić information content (AvgIpc) is 2.63. The van der Waals surface area contributed by atoms with Crippen LogP contribution in [0.1, 0.15) is 15.9 Å². The summed E-state index contributed by atoms with van der Waals surface area (Å²) in [6.07, 6.45) is 0.352. The number of rotatable bonds is 3. The second-order valence-electron chi connectivity index (χ2n) is 5.99. The molecule has 0 N–H and O–H groups in total. The van der Waals surface area contributed by atoms with Gasteiger partial charge in [-0.3, -0.25) is 9.59 Å². The van der Waals surface area contributed by atoms with Crippen molar-refractivity contribution in [1.82, 2.24) is 9.80 Å². The van der Waals surface area contributed by atoms with Crippen LogP contribution in [0.5, 0.6) is 0 Å². The summed E-state index contributed by atoms with van der Waals surface area (Å²) in [5, 5.41) is 0.660. The first-order valence-electron chi connectivity index (χ1n) is 8.14. The van der Waals surface area contributed by atoms with Crippen LogP contribution >= 0.6 is 24.2 Å². The highest BCUT2D eigenvalue weighted by Gasteiger charge is 2.25. The van der Waals surface area contributed by atoms with Gasteiger partial charge in [-0.2, -0.15) is 0 Å². The van der Waals surface area contributed by atoms with E-state index in [-0.39, 0.29) is 11.8 Å². The molecule has 0 aromatic heterocycles. The average molecular weight is 375 g/mol. The molecule has 0 aliphatic carbocycles. The summed E-state index contributed by atoms with van der Waals surface area (Å²) in [6, 6.07) is 14.6. The minimum Gasteiger partial charge on any atom is -0.339 e. The van der Waals surface area contributed by atoms with Crippen LogP contribution in [0.15, 0.2) is 53.4 Å². The van der Waals surface area contributed by atoms with Crippen LogP contribution < -0.4 is 0 Å². The fourth-order valence-electron chi connectivity index (χ4n) is 2.87. The van der Waals surface area contributed by atoms with Crippen LogP contribution in [0.4, 0.5) is 0 Å². The molecule has 2 amide bonds. The van der Waals surface area contributed by atoms with Crippen LogP contribution in [0.2, 0.25) is 5.02 Å². The van der Waals surface area contributed by atoms with Gasteiger partial charge in [0.1, 0.15) is 0 Å². The van der Waals surface area contributed by atoms with Gasteiger partial charge in [0.15, 0.2) is 0 Å². The van der Waals surface area contributed by atoms with Gasteiger partial charge in [0.25, 0.3) is 5.91 Å². The van der Waals surface area contributed by atoms with E-state index < -0.39 is 0 Å². The van der Waals surface area contributed by atoms with Crippen molar-refractivity contribution in [3.63, 3.8) is 0 Å². The summed E-state index contributed by atoms with van der Waals surface area (Å²) >= 11 is 10.2. The van der Waals surface area contributed by atoms with Gasteiger partial charge in [-0.15, -0.1) is 12.6 Å². The topological polar surface area (TPSA) is 40.6 Å². The first-order chi connectivity index (χ1) is 12.0. The number of thiol groups is 1. The van der Waals surface area contributed by atoms with E-state index in [9.17, 15) is 9.59 Å². The number of nitrogens with zero attached hydrogens (tertiary/aromatic N) is 2. The molecule has 1 aliphatic heterocycles. The molecule has 25 heavy (non-hydrogen) atoms. The van der Waals surface area contributed by atoms with E-state index in [1.165, 1.54) is 0 Å². The van der Waals surface area contributed by atoms with Gasteiger partial charge in [0.05, 0.1) is 12.0 Å². The Hall–Kier alpha value is -1.98. The van der Waals surface area contributed by atoms with E-state index >= 15 is 0 Å². The molecule has 0 unspecified atom stereocenters. The third-order valence-electron chi connectivity index (χ3n) is 4.32. The molecule has 1 heterocycles. The summed E-state index contributed by atoms with van der Waals surface area (Å²) in [5.74, 6) is 0.0411. The van der Waals surface area contributed by atoms with E-state index in [0.717, 1.165) is 5.56 Å². The number of piperazine rings is 1. The second-order valence-corrected chi connectivity index (χ2v) is 6.91. The zero-order valence-corrected chi connectivity index (χ0v) is 15.3. The van der Waals surface area contributed by atoms with E-state index in [2.05, 4.69) is 12.6 Å². The van der Waals surface area contributed by atoms with E-state index in [4.69, 9.17) is 11.6 Å². The van der Waals surface area contributed by atoms with Gasteiger partial charge in [0, 0.05) is 36.1 Å². The Bertz CT molecular complexity index is 771. The van der Waals surface area contributed by atoms with Gasteiger partial charge < -0.3 is 9.80 Å². The van der Waals surface area contributed by atoms with Crippen molar-refractivity contribution < 1.29 is 9.59 Å². The maximum absolute atomic E-state index is 12.6. The van der Waals surface area contributed by atoms with Crippen molar-refractivity contribution in [2.75, 3.05) is 26.2 Å². The summed E-state index contributed by atoms with van der Waals surface area (Å²) in [7, 11) is 0. The molecule has 4 nitrogen and oxygen atoms in total. The molecular weight excluding hydrogens is 356 g/mol. The van der Waals surface area contributed by atoms with Crippen LogP contribution in [-0.2, 0) is 11.2 Å². The molecule has 2 aromatic carbocycles. The lowest BCUT2D eigenvalue weighted by atomic mass is 10.1. The molecule has 2 aromatic rings. The predicted octanol–water partition coefficient (Wildman–Crippen LogP) is 3.16. The van der Waals surface area contributed by atoms with Crippen LogP contribution in [0.25, 0.3) is 0 Å². The monoisotopic (exact) mass is 374 g/mol. The van der Waals surface area contributed by atoms with Gasteiger partial charge in [-0.25, -0.2) is 0 Å². The Morgan fingerprint density at radius 1 is 0.920 bits per heavy atom. The van der Waals surface area contributed by atoms with Crippen LogP contribution in [0, 0.1) is 0 Å². The van der Waals surface area contributed by atoms with E-state index in [1.54, 1.807) is 23.1 Å². The second kappa shape index (κ2) is 7.93. The molecule has 0 radical (unpaired) electrons. The Balaban J connectivity index is 1.56. The lowest BCUT2D eigenvalue weighted by Gasteiger charge is -2.35. The minimum absolute atomic E-state index is 0.0320. The van der Waals surface area contributed by atoms with E-state index in [1.807, 2.05) is 35.2 Å². The number of benzene rings is 2. The molecule has 0 spiro atoms. The molecule has 6 heteroatoms. The SMILES string of the molecule is O=C(Cc1ccc(Cl)cc1)N1CCN(C(=O)c2ccccc2S)CC1. The first-order valence-corrected chi connectivity index (χ1v) is 8.96. The van der Waals surface area contributed by atoms with Crippen molar-refractivity contribution in [3.8, 4) is 0 Å². The van der Waals surface area contributed by atoms with Gasteiger partial charge in [0.2, 0.25) is 5.91 Å². The third kappa shape index (κ3) is 4.35. The smallest absolute Gasteiger partial charge is 0.255 e. The molecule has 3 rings (SSSR count).